The number of carbonyl (C=O) groups excluding carboxylic acids is 1. The third-order valence-corrected chi connectivity index (χ3v) is 4.08. The van der Waals surface area contributed by atoms with Gasteiger partial charge in [0.25, 0.3) is 0 Å². The molecule has 0 aliphatic heterocycles. The second-order valence-corrected chi connectivity index (χ2v) is 5.62. The summed E-state index contributed by atoms with van der Waals surface area (Å²) in [6.45, 7) is 1.06. The molecule has 0 bridgehead atoms. The predicted molar refractivity (Wildman–Crippen MR) is 76.7 cm³/mol. The fourth-order valence-corrected chi connectivity index (χ4v) is 3.09. The first-order valence-electron chi connectivity index (χ1n) is 6.66. The minimum absolute atomic E-state index is 0.634. The van der Waals surface area contributed by atoms with E-state index < -0.39 is 0 Å². The van der Waals surface area contributed by atoms with Crippen molar-refractivity contribution in [3.05, 3.63) is 28.8 Å². The first-order valence-corrected chi connectivity index (χ1v) is 7.04. The maximum absolute atomic E-state index is 10.7. The summed E-state index contributed by atoms with van der Waals surface area (Å²) >= 11 is 6.22. The largest absolute Gasteiger partial charge is 0.373 e. The van der Waals surface area contributed by atoms with Gasteiger partial charge in [0, 0.05) is 19.2 Å². The maximum atomic E-state index is 10.7. The number of hydrogen-bond acceptors (Lipinski definition) is 2. The van der Waals surface area contributed by atoms with Gasteiger partial charge in [0.05, 0.1) is 10.7 Å². The second kappa shape index (κ2) is 6.24. The van der Waals surface area contributed by atoms with Crippen LogP contribution in [-0.4, -0.2) is 19.9 Å². The molecule has 1 aliphatic carbocycles. The van der Waals surface area contributed by atoms with Gasteiger partial charge in [-0.15, -0.1) is 0 Å². The van der Waals surface area contributed by atoms with Crippen LogP contribution in [0.15, 0.2) is 18.2 Å². The summed E-state index contributed by atoms with van der Waals surface area (Å²) in [4.78, 5) is 12.9. The Morgan fingerprint density at radius 1 is 1.33 bits per heavy atom. The maximum Gasteiger partial charge on any atom is 0.150 e. The molecule has 98 valence electrons. The molecule has 0 atom stereocenters. The van der Waals surface area contributed by atoms with Crippen LogP contribution in [0.1, 0.15) is 42.5 Å². The average molecular weight is 266 g/mol. The van der Waals surface area contributed by atoms with Crippen molar-refractivity contribution in [1.29, 1.82) is 0 Å². The Kier molecular flexibility index (Phi) is 4.65. The zero-order valence-electron chi connectivity index (χ0n) is 10.9. The average Bonchev–Trinajstić information content (AvgIpc) is 2.39. The molecule has 18 heavy (non-hydrogen) atoms. The van der Waals surface area contributed by atoms with Crippen LogP contribution >= 0.6 is 11.6 Å². The Morgan fingerprint density at radius 2 is 2.06 bits per heavy atom. The number of benzene rings is 1. The van der Waals surface area contributed by atoms with E-state index in [4.69, 9.17) is 11.6 Å². The van der Waals surface area contributed by atoms with Gasteiger partial charge >= 0.3 is 0 Å². The summed E-state index contributed by atoms with van der Waals surface area (Å²) in [7, 11) is 2.08. The molecule has 0 N–H and O–H groups in total. The molecule has 1 aromatic carbocycles. The Balaban J connectivity index is 2.03. The lowest BCUT2D eigenvalue weighted by Crippen LogP contribution is -2.27. The molecular weight excluding hydrogens is 246 g/mol. The van der Waals surface area contributed by atoms with Crippen LogP contribution in [0.25, 0.3) is 0 Å². The minimum atomic E-state index is 0.634. The molecule has 1 saturated carbocycles. The Morgan fingerprint density at radius 3 is 2.67 bits per heavy atom. The van der Waals surface area contributed by atoms with Crippen molar-refractivity contribution in [2.45, 2.75) is 32.1 Å². The highest BCUT2D eigenvalue weighted by molar-refractivity contribution is 6.33. The second-order valence-electron chi connectivity index (χ2n) is 5.21. The minimum Gasteiger partial charge on any atom is -0.373 e. The molecule has 0 radical (unpaired) electrons. The Hall–Kier alpha value is -1.02. The highest BCUT2D eigenvalue weighted by atomic mass is 35.5. The van der Waals surface area contributed by atoms with E-state index in [0.29, 0.717) is 10.6 Å². The van der Waals surface area contributed by atoms with Crippen molar-refractivity contribution in [3.8, 4) is 0 Å². The summed E-state index contributed by atoms with van der Waals surface area (Å²) in [5, 5.41) is 0.665. The van der Waals surface area contributed by atoms with E-state index in [1.54, 1.807) is 6.07 Å². The molecule has 0 spiro atoms. The van der Waals surface area contributed by atoms with Gasteiger partial charge in [-0.05, 0) is 37.0 Å². The van der Waals surface area contributed by atoms with E-state index in [9.17, 15) is 4.79 Å². The number of rotatable bonds is 4. The van der Waals surface area contributed by atoms with E-state index >= 15 is 0 Å². The molecule has 0 unspecified atom stereocenters. The lowest BCUT2D eigenvalue weighted by molar-refractivity contribution is 0.112. The van der Waals surface area contributed by atoms with Crippen LogP contribution in [0.4, 0.5) is 5.69 Å². The van der Waals surface area contributed by atoms with Gasteiger partial charge in [0.2, 0.25) is 0 Å². The first kappa shape index (κ1) is 13.4. The number of halogens is 1. The summed E-state index contributed by atoms with van der Waals surface area (Å²) in [6.07, 6.45) is 7.58. The summed E-state index contributed by atoms with van der Waals surface area (Å²) in [5.41, 5.74) is 1.66. The zero-order valence-corrected chi connectivity index (χ0v) is 11.6. The molecule has 0 saturated heterocycles. The summed E-state index contributed by atoms with van der Waals surface area (Å²) < 4.78 is 0. The van der Waals surface area contributed by atoms with E-state index in [0.717, 1.165) is 24.4 Å². The number of aldehydes is 1. The van der Waals surface area contributed by atoms with Gasteiger partial charge in [0.1, 0.15) is 6.29 Å². The zero-order chi connectivity index (χ0) is 13.0. The van der Waals surface area contributed by atoms with Crippen LogP contribution in [0, 0.1) is 5.92 Å². The standard InChI is InChI=1S/C15H20ClNO/c1-17(10-12-5-3-2-4-6-12)15-8-7-13(11-18)9-14(15)16/h7-9,11-12H,2-6,10H2,1H3. The number of anilines is 1. The Bertz CT molecular complexity index is 413. The molecule has 1 aliphatic rings. The normalized spacial score (nSPS) is 16.6. The van der Waals surface area contributed by atoms with Crippen LogP contribution in [0.2, 0.25) is 5.02 Å². The Labute approximate surface area is 114 Å². The van der Waals surface area contributed by atoms with Gasteiger partial charge < -0.3 is 4.90 Å². The molecule has 0 aromatic heterocycles. The molecule has 0 amide bonds. The van der Waals surface area contributed by atoms with Crippen LogP contribution in [0.5, 0.6) is 0 Å². The highest BCUT2D eigenvalue weighted by Crippen LogP contribution is 2.29. The van der Waals surface area contributed by atoms with Gasteiger partial charge in [-0.25, -0.2) is 0 Å². The monoisotopic (exact) mass is 265 g/mol. The van der Waals surface area contributed by atoms with Crippen molar-refractivity contribution in [2.24, 2.45) is 5.92 Å². The highest BCUT2D eigenvalue weighted by Gasteiger charge is 2.16. The van der Waals surface area contributed by atoms with Crippen molar-refractivity contribution in [3.63, 3.8) is 0 Å². The van der Waals surface area contributed by atoms with Gasteiger partial charge in [-0.2, -0.15) is 0 Å². The molecule has 1 aromatic rings. The van der Waals surface area contributed by atoms with Crippen molar-refractivity contribution >= 4 is 23.6 Å². The molecule has 1 fully saturated rings. The van der Waals surface area contributed by atoms with E-state index in [1.807, 2.05) is 12.1 Å². The molecule has 3 heteroatoms. The number of nitrogens with zero attached hydrogens (tertiary/aromatic N) is 1. The van der Waals surface area contributed by atoms with Gasteiger partial charge in [-0.1, -0.05) is 30.9 Å². The van der Waals surface area contributed by atoms with Gasteiger partial charge in [0.15, 0.2) is 0 Å². The quantitative estimate of drug-likeness (QED) is 0.762. The van der Waals surface area contributed by atoms with Gasteiger partial charge in [-0.3, -0.25) is 4.79 Å². The summed E-state index contributed by atoms with van der Waals surface area (Å²) in [6, 6.07) is 5.50. The smallest absolute Gasteiger partial charge is 0.150 e. The number of hydrogen-bond donors (Lipinski definition) is 0. The van der Waals surface area contributed by atoms with E-state index in [2.05, 4.69) is 11.9 Å². The van der Waals surface area contributed by atoms with Crippen molar-refractivity contribution in [2.75, 3.05) is 18.5 Å². The number of carbonyl (C=O) groups is 1. The molecule has 2 rings (SSSR count). The van der Waals surface area contributed by atoms with Crippen molar-refractivity contribution < 1.29 is 4.79 Å². The van der Waals surface area contributed by atoms with E-state index in [1.165, 1.54) is 32.1 Å². The lowest BCUT2D eigenvalue weighted by atomic mass is 9.89. The summed E-state index contributed by atoms with van der Waals surface area (Å²) in [5.74, 6) is 0.783. The third kappa shape index (κ3) is 3.26. The predicted octanol–water partition coefficient (Wildman–Crippen LogP) is 4.17. The molecule has 2 nitrogen and oxygen atoms in total. The SMILES string of the molecule is CN(CC1CCCCC1)c1ccc(C=O)cc1Cl. The fourth-order valence-electron chi connectivity index (χ4n) is 2.76. The first-order chi connectivity index (χ1) is 8.70. The van der Waals surface area contributed by atoms with Crippen LogP contribution in [0.3, 0.4) is 0 Å². The van der Waals surface area contributed by atoms with E-state index in [-0.39, 0.29) is 0 Å². The van der Waals surface area contributed by atoms with Crippen LogP contribution in [-0.2, 0) is 0 Å². The third-order valence-electron chi connectivity index (χ3n) is 3.78. The lowest BCUT2D eigenvalue weighted by Gasteiger charge is -2.29. The van der Waals surface area contributed by atoms with Crippen molar-refractivity contribution in [1.82, 2.24) is 0 Å². The topological polar surface area (TPSA) is 20.3 Å². The molecule has 0 heterocycles. The molecular formula is C15H20ClNO. The van der Waals surface area contributed by atoms with Crippen LogP contribution < -0.4 is 4.90 Å². The fraction of sp³-hybridized carbons (Fsp3) is 0.533.